The lowest BCUT2D eigenvalue weighted by molar-refractivity contribution is -0.274. The molecule has 0 saturated carbocycles. The number of ether oxygens (including phenoxy) is 1. The van der Waals surface area contributed by atoms with Crippen LogP contribution < -0.4 is 4.74 Å². The quantitative estimate of drug-likeness (QED) is 0.874. The molecule has 0 saturated heterocycles. The number of hydrogen-bond acceptors (Lipinski definition) is 2. The van der Waals surface area contributed by atoms with Crippen molar-refractivity contribution in [2.45, 2.75) is 6.36 Å². The largest absolute Gasteiger partial charge is 0.573 e. The van der Waals surface area contributed by atoms with Gasteiger partial charge in [-0.15, -0.1) is 13.2 Å². The zero-order valence-electron chi connectivity index (χ0n) is 9.41. The predicted molar refractivity (Wildman–Crippen MR) is 65.2 cm³/mol. The molecule has 0 amide bonds. The van der Waals surface area contributed by atoms with E-state index in [2.05, 4.69) is 4.74 Å². The van der Waals surface area contributed by atoms with Crippen LogP contribution >= 0.6 is 11.6 Å². The first-order valence-electron chi connectivity index (χ1n) is 5.19. The maximum absolute atomic E-state index is 12.1. The van der Waals surface area contributed by atoms with Crippen molar-refractivity contribution >= 4 is 11.6 Å². The van der Waals surface area contributed by atoms with Crippen molar-refractivity contribution in [1.29, 1.82) is 0 Å². The second-order valence-electron chi connectivity index (χ2n) is 3.77. The lowest BCUT2D eigenvalue weighted by Gasteiger charge is -2.11. The summed E-state index contributed by atoms with van der Waals surface area (Å²) in [4.78, 5) is 0. The average Bonchev–Trinajstić information content (AvgIpc) is 2.26. The molecule has 2 aromatic rings. The van der Waals surface area contributed by atoms with Crippen molar-refractivity contribution in [2.75, 3.05) is 0 Å². The van der Waals surface area contributed by atoms with E-state index in [9.17, 15) is 18.3 Å². The van der Waals surface area contributed by atoms with Gasteiger partial charge in [0.15, 0.2) is 0 Å². The lowest BCUT2D eigenvalue weighted by Crippen LogP contribution is -2.17. The Labute approximate surface area is 112 Å². The second kappa shape index (κ2) is 5.01. The lowest BCUT2D eigenvalue weighted by atomic mass is 10.1. The molecule has 0 aliphatic carbocycles. The van der Waals surface area contributed by atoms with Gasteiger partial charge in [0.2, 0.25) is 0 Å². The summed E-state index contributed by atoms with van der Waals surface area (Å²) in [5.74, 6) is -0.788. The molecule has 0 aliphatic heterocycles. The Morgan fingerprint density at radius 1 is 0.947 bits per heavy atom. The third kappa shape index (κ3) is 3.79. The molecule has 1 N–H and O–H groups in total. The van der Waals surface area contributed by atoms with Crippen LogP contribution in [0.15, 0.2) is 42.5 Å². The third-order valence-corrected chi connectivity index (χ3v) is 2.55. The fourth-order valence-corrected chi connectivity index (χ4v) is 1.71. The molecule has 0 radical (unpaired) electrons. The van der Waals surface area contributed by atoms with Gasteiger partial charge in [0.25, 0.3) is 0 Å². The van der Waals surface area contributed by atoms with Crippen molar-refractivity contribution < 1.29 is 23.0 Å². The van der Waals surface area contributed by atoms with E-state index >= 15 is 0 Å². The topological polar surface area (TPSA) is 29.5 Å². The van der Waals surface area contributed by atoms with Gasteiger partial charge >= 0.3 is 6.36 Å². The Hall–Kier alpha value is -1.88. The van der Waals surface area contributed by atoms with E-state index in [0.717, 1.165) is 6.07 Å². The predicted octanol–water partition coefficient (Wildman–Crippen LogP) is 4.61. The summed E-state index contributed by atoms with van der Waals surface area (Å²) in [5, 5.41) is 9.94. The van der Waals surface area contributed by atoms with E-state index in [-0.39, 0.29) is 5.75 Å². The van der Waals surface area contributed by atoms with Crippen LogP contribution in [-0.4, -0.2) is 11.5 Å². The number of alkyl halides is 3. The molecule has 0 heterocycles. The van der Waals surface area contributed by atoms with Gasteiger partial charge in [0.1, 0.15) is 11.5 Å². The van der Waals surface area contributed by atoms with Crippen molar-refractivity contribution in [3.8, 4) is 22.6 Å². The molecule has 0 atom stereocenters. The normalized spacial score (nSPS) is 11.4. The van der Waals surface area contributed by atoms with Crippen molar-refractivity contribution in [2.24, 2.45) is 0 Å². The Balaban J connectivity index is 2.39. The number of phenolic OH excluding ortho intramolecular Hbond substituents is 1. The molecule has 0 aromatic heterocycles. The first-order valence-corrected chi connectivity index (χ1v) is 5.57. The summed E-state index contributed by atoms with van der Waals surface area (Å²) in [6.07, 6.45) is -4.80. The zero-order valence-corrected chi connectivity index (χ0v) is 10.2. The second-order valence-corrected chi connectivity index (χ2v) is 4.21. The Morgan fingerprint density at radius 2 is 1.58 bits per heavy atom. The Bertz CT molecular complexity index is 579. The smallest absolute Gasteiger partial charge is 0.508 e. The van der Waals surface area contributed by atoms with E-state index in [1.807, 2.05) is 0 Å². The van der Waals surface area contributed by atoms with Gasteiger partial charge < -0.3 is 9.84 Å². The molecule has 0 aliphatic rings. The highest BCUT2D eigenvalue weighted by Crippen LogP contribution is 2.32. The van der Waals surface area contributed by atoms with Crippen LogP contribution in [0.25, 0.3) is 11.1 Å². The Kier molecular flexibility index (Phi) is 3.57. The zero-order chi connectivity index (χ0) is 14.0. The van der Waals surface area contributed by atoms with Crippen molar-refractivity contribution in [3.05, 3.63) is 47.5 Å². The fourth-order valence-electron chi connectivity index (χ4n) is 1.58. The van der Waals surface area contributed by atoms with Crippen LogP contribution in [-0.2, 0) is 0 Å². The first-order chi connectivity index (χ1) is 8.83. The van der Waals surface area contributed by atoms with Crippen LogP contribution in [0.3, 0.4) is 0 Å². The number of aromatic hydroxyl groups is 1. The molecule has 2 aromatic carbocycles. The molecule has 0 spiro atoms. The van der Waals surface area contributed by atoms with Crippen molar-refractivity contribution in [1.82, 2.24) is 0 Å². The van der Waals surface area contributed by atoms with Crippen LogP contribution in [0, 0.1) is 0 Å². The van der Waals surface area contributed by atoms with E-state index in [1.165, 1.54) is 12.1 Å². The summed E-state index contributed by atoms with van der Waals surface area (Å²) in [7, 11) is 0. The maximum Gasteiger partial charge on any atom is 0.573 e. The molecular formula is C13H8ClF3O2. The molecule has 2 rings (SSSR count). The van der Waals surface area contributed by atoms with E-state index in [0.29, 0.717) is 16.1 Å². The number of halogens is 4. The average molecular weight is 289 g/mol. The highest BCUT2D eigenvalue weighted by molar-refractivity contribution is 6.30. The Morgan fingerprint density at radius 3 is 2.16 bits per heavy atom. The molecule has 0 unspecified atom stereocenters. The van der Waals surface area contributed by atoms with Gasteiger partial charge in [0, 0.05) is 11.1 Å². The van der Waals surface area contributed by atoms with Crippen LogP contribution in [0.4, 0.5) is 13.2 Å². The third-order valence-electron chi connectivity index (χ3n) is 2.30. The van der Waals surface area contributed by atoms with E-state index in [4.69, 9.17) is 11.6 Å². The van der Waals surface area contributed by atoms with E-state index in [1.54, 1.807) is 24.3 Å². The highest BCUT2D eigenvalue weighted by Gasteiger charge is 2.31. The summed E-state index contributed by atoms with van der Waals surface area (Å²) in [6, 6.07) is 9.90. The summed E-state index contributed by atoms with van der Waals surface area (Å²) < 4.78 is 40.2. The number of benzene rings is 2. The SMILES string of the molecule is Oc1cc(OC(F)(F)F)cc(-c2ccc(Cl)cc2)c1. The molecule has 19 heavy (non-hydrogen) atoms. The van der Waals surface area contributed by atoms with Gasteiger partial charge in [-0.3, -0.25) is 0 Å². The molecule has 2 nitrogen and oxygen atoms in total. The van der Waals surface area contributed by atoms with Crippen molar-refractivity contribution in [3.63, 3.8) is 0 Å². The number of rotatable bonds is 2. The van der Waals surface area contributed by atoms with Crippen LogP contribution in [0.2, 0.25) is 5.02 Å². The molecule has 0 bridgehead atoms. The number of hydrogen-bond donors (Lipinski definition) is 1. The summed E-state index contributed by atoms with van der Waals surface area (Å²) >= 11 is 5.73. The van der Waals surface area contributed by atoms with Gasteiger partial charge in [-0.25, -0.2) is 0 Å². The highest BCUT2D eigenvalue weighted by atomic mass is 35.5. The standard InChI is InChI=1S/C13H8ClF3O2/c14-10-3-1-8(2-4-10)9-5-11(18)7-12(6-9)19-13(15,16)17/h1-7,18H. The summed E-state index contributed by atoms with van der Waals surface area (Å²) in [6.45, 7) is 0. The minimum atomic E-state index is -4.80. The van der Waals surface area contributed by atoms with Gasteiger partial charge in [-0.2, -0.15) is 0 Å². The molecule has 6 heteroatoms. The van der Waals surface area contributed by atoms with Crippen LogP contribution in [0.5, 0.6) is 11.5 Å². The number of phenols is 1. The summed E-state index contributed by atoms with van der Waals surface area (Å²) in [5.41, 5.74) is 1.02. The fraction of sp³-hybridized carbons (Fsp3) is 0.0769. The van der Waals surface area contributed by atoms with E-state index < -0.39 is 12.1 Å². The van der Waals surface area contributed by atoms with Gasteiger partial charge in [0.05, 0.1) is 0 Å². The minimum absolute atomic E-state index is 0.313. The van der Waals surface area contributed by atoms with Gasteiger partial charge in [-0.05, 0) is 35.4 Å². The minimum Gasteiger partial charge on any atom is -0.508 e. The monoisotopic (exact) mass is 288 g/mol. The molecule has 0 fully saturated rings. The first kappa shape index (κ1) is 13.5. The maximum atomic E-state index is 12.1. The molecule has 100 valence electrons. The van der Waals surface area contributed by atoms with Crippen LogP contribution in [0.1, 0.15) is 0 Å². The molecular weight excluding hydrogens is 281 g/mol. The van der Waals surface area contributed by atoms with Gasteiger partial charge in [-0.1, -0.05) is 23.7 Å².